The molecule has 5 nitrogen and oxygen atoms in total. The van der Waals surface area contributed by atoms with Crippen molar-refractivity contribution in [2.45, 2.75) is 47.0 Å². The third-order valence-electron chi connectivity index (χ3n) is 5.33. The summed E-state index contributed by atoms with van der Waals surface area (Å²) in [6.07, 6.45) is 2.49. The molecule has 0 unspecified atom stereocenters. The Kier molecular flexibility index (Phi) is 7.14. The number of hydrogen-bond donors (Lipinski definition) is 1. The first-order valence-corrected chi connectivity index (χ1v) is 10.6. The lowest BCUT2D eigenvalue weighted by Crippen LogP contribution is -2.31. The minimum atomic E-state index is -0.500. The first kappa shape index (κ1) is 21.9. The number of aliphatic imine (C=N–C) groups is 1. The molecule has 0 saturated heterocycles. The van der Waals surface area contributed by atoms with Crippen molar-refractivity contribution in [1.29, 1.82) is 0 Å². The Morgan fingerprint density at radius 1 is 1.20 bits per heavy atom. The van der Waals surface area contributed by atoms with Gasteiger partial charge >= 0.3 is 0 Å². The molecule has 30 heavy (non-hydrogen) atoms. The molecule has 1 aliphatic heterocycles. The molecular weight excluding hydrogens is 376 g/mol. The highest BCUT2D eigenvalue weighted by Crippen LogP contribution is 2.26. The number of nitrogens with zero attached hydrogens (tertiary/aromatic N) is 1. The highest BCUT2D eigenvalue weighted by molar-refractivity contribution is 5.98. The summed E-state index contributed by atoms with van der Waals surface area (Å²) in [5, 5.41) is 3.05. The van der Waals surface area contributed by atoms with Crippen molar-refractivity contribution in [3.63, 3.8) is 0 Å². The fourth-order valence-electron chi connectivity index (χ4n) is 3.34. The topological polar surface area (TPSA) is 59.9 Å². The molecule has 0 fully saturated rings. The number of hydrogen-bond acceptors (Lipinski definition) is 4. The predicted molar refractivity (Wildman–Crippen MR) is 121 cm³/mol. The van der Waals surface area contributed by atoms with Gasteiger partial charge in [-0.2, -0.15) is 0 Å². The van der Waals surface area contributed by atoms with Crippen LogP contribution in [0.5, 0.6) is 5.75 Å². The quantitative estimate of drug-likeness (QED) is 0.604. The minimum Gasteiger partial charge on any atom is -0.493 e. The summed E-state index contributed by atoms with van der Waals surface area (Å²) in [5.74, 6) is 1.57. The maximum absolute atomic E-state index is 12.9. The zero-order valence-corrected chi connectivity index (χ0v) is 18.5. The van der Waals surface area contributed by atoms with Gasteiger partial charge in [-0.3, -0.25) is 9.79 Å². The SMILES string of the molecule is Cc1ccc(C)c(OCCCC(C)(C)C(=O)Nc2cccc(C3=NCCCO3)c2)c1. The summed E-state index contributed by atoms with van der Waals surface area (Å²) < 4.78 is 11.6. The van der Waals surface area contributed by atoms with Gasteiger partial charge in [0.05, 0.1) is 13.2 Å². The molecule has 0 aliphatic carbocycles. The predicted octanol–water partition coefficient (Wildman–Crippen LogP) is 5.29. The lowest BCUT2D eigenvalue weighted by Gasteiger charge is -2.24. The van der Waals surface area contributed by atoms with E-state index in [0.29, 0.717) is 19.1 Å². The van der Waals surface area contributed by atoms with Crippen LogP contribution in [0.1, 0.15) is 49.8 Å². The molecule has 2 aromatic carbocycles. The molecule has 1 N–H and O–H groups in total. The van der Waals surface area contributed by atoms with Gasteiger partial charge in [0.15, 0.2) is 0 Å². The van der Waals surface area contributed by atoms with Crippen molar-refractivity contribution < 1.29 is 14.3 Å². The van der Waals surface area contributed by atoms with E-state index in [2.05, 4.69) is 35.4 Å². The average molecular weight is 409 g/mol. The summed E-state index contributed by atoms with van der Waals surface area (Å²) in [6.45, 7) is 10.1. The summed E-state index contributed by atoms with van der Waals surface area (Å²) in [4.78, 5) is 17.3. The molecule has 0 aromatic heterocycles. The molecule has 0 bridgehead atoms. The Balaban J connectivity index is 1.53. The second kappa shape index (κ2) is 9.79. The Morgan fingerprint density at radius 3 is 2.80 bits per heavy atom. The summed E-state index contributed by atoms with van der Waals surface area (Å²) in [7, 11) is 0. The van der Waals surface area contributed by atoms with Crippen LogP contribution in [0.2, 0.25) is 0 Å². The van der Waals surface area contributed by atoms with Crippen LogP contribution in [0.15, 0.2) is 47.5 Å². The van der Waals surface area contributed by atoms with E-state index in [0.717, 1.165) is 48.4 Å². The van der Waals surface area contributed by atoms with Crippen LogP contribution in [0.4, 0.5) is 5.69 Å². The number of anilines is 1. The smallest absolute Gasteiger partial charge is 0.230 e. The lowest BCUT2D eigenvalue weighted by molar-refractivity contribution is -0.124. The lowest BCUT2D eigenvalue weighted by atomic mass is 9.87. The second-order valence-electron chi connectivity index (χ2n) is 8.53. The third kappa shape index (κ3) is 5.85. The zero-order valence-electron chi connectivity index (χ0n) is 18.5. The van der Waals surface area contributed by atoms with E-state index in [1.165, 1.54) is 5.56 Å². The van der Waals surface area contributed by atoms with Crippen LogP contribution in [0.25, 0.3) is 0 Å². The second-order valence-corrected chi connectivity index (χ2v) is 8.53. The number of rotatable bonds is 8. The first-order valence-electron chi connectivity index (χ1n) is 10.6. The van der Waals surface area contributed by atoms with Gasteiger partial charge in [0.25, 0.3) is 0 Å². The molecule has 160 valence electrons. The van der Waals surface area contributed by atoms with E-state index in [1.54, 1.807) is 0 Å². The summed E-state index contributed by atoms with van der Waals surface area (Å²) in [6, 6.07) is 13.9. The van der Waals surface area contributed by atoms with Crippen LogP contribution < -0.4 is 10.1 Å². The highest BCUT2D eigenvalue weighted by Gasteiger charge is 2.27. The van der Waals surface area contributed by atoms with E-state index >= 15 is 0 Å². The summed E-state index contributed by atoms with van der Waals surface area (Å²) in [5.41, 5.74) is 3.47. The van der Waals surface area contributed by atoms with Gasteiger partial charge in [-0.1, -0.05) is 32.0 Å². The van der Waals surface area contributed by atoms with Gasteiger partial charge in [0.2, 0.25) is 11.8 Å². The van der Waals surface area contributed by atoms with Crippen LogP contribution >= 0.6 is 0 Å². The van der Waals surface area contributed by atoms with Gasteiger partial charge in [-0.25, -0.2) is 0 Å². The third-order valence-corrected chi connectivity index (χ3v) is 5.33. The van der Waals surface area contributed by atoms with Gasteiger partial charge in [-0.05, 0) is 62.1 Å². The molecule has 0 radical (unpaired) electrons. The van der Waals surface area contributed by atoms with Crippen molar-refractivity contribution >= 4 is 17.5 Å². The molecule has 1 aliphatic rings. The van der Waals surface area contributed by atoms with Crippen LogP contribution in [0, 0.1) is 19.3 Å². The highest BCUT2D eigenvalue weighted by atomic mass is 16.5. The van der Waals surface area contributed by atoms with E-state index in [9.17, 15) is 4.79 Å². The molecule has 2 aromatic rings. The molecular formula is C25H32N2O3. The van der Waals surface area contributed by atoms with E-state index in [-0.39, 0.29) is 5.91 Å². The molecule has 0 saturated carbocycles. The maximum atomic E-state index is 12.9. The Morgan fingerprint density at radius 2 is 2.03 bits per heavy atom. The Labute approximate surface area is 179 Å². The van der Waals surface area contributed by atoms with Gasteiger partial charge < -0.3 is 14.8 Å². The van der Waals surface area contributed by atoms with Crippen LogP contribution in [-0.2, 0) is 9.53 Å². The standard InChI is InChI=1S/C25H32N2O3/c1-18-10-11-19(2)22(16-18)29-14-6-12-25(3,4)24(28)27-21-9-5-8-20(17-21)23-26-13-7-15-30-23/h5,8-11,16-17H,6-7,12-15H2,1-4H3,(H,27,28). The largest absolute Gasteiger partial charge is 0.493 e. The number of ether oxygens (including phenoxy) is 2. The van der Waals surface area contributed by atoms with E-state index < -0.39 is 5.41 Å². The first-order chi connectivity index (χ1) is 14.3. The number of carbonyl (C=O) groups is 1. The number of benzene rings is 2. The van der Waals surface area contributed by atoms with Crippen LogP contribution in [0.3, 0.4) is 0 Å². The zero-order chi connectivity index (χ0) is 21.6. The van der Waals surface area contributed by atoms with E-state index in [4.69, 9.17) is 9.47 Å². The maximum Gasteiger partial charge on any atom is 0.230 e. The van der Waals surface area contributed by atoms with Crippen molar-refractivity contribution in [2.75, 3.05) is 25.1 Å². The number of nitrogens with one attached hydrogen (secondary N) is 1. The fourth-order valence-corrected chi connectivity index (χ4v) is 3.34. The van der Waals surface area contributed by atoms with Crippen LogP contribution in [-0.4, -0.2) is 31.6 Å². The number of carbonyl (C=O) groups excluding carboxylic acids is 1. The monoisotopic (exact) mass is 408 g/mol. The molecule has 0 spiro atoms. The average Bonchev–Trinajstić information content (AvgIpc) is 2.74. The number of amides is 1. The Hall–Kier alpha value is -2.82. The minimum absolute atomic E-state index is 0.00196. The molecule has 1 amide bonds. The van der Waals surface area contributed by atoms with Gasteiger partial charge in [0, 0.05) is 29.6 Å². The van der Waals surface area contributed by atoms with E-state index in [1.807, 2.05) is 45.0 Å². The van der Waals surface area contributed by atoms with Crippen molar-refractivity contribution in [3.05, 3.63) is 59.2 Å². The van der Waals surface area contributed by atoms with Gasteiger partial charge in [-0.15, -0.1) is 0 Å². The molecule has 5 heteroatoms. The molecule has 3 rings (SSSR count). The Bertz CT molecular complexity index is 918. The normalized spacial score (nSPS) is 13.9. The van der Waals surface area contributed by atoms with Crippen molar-refractivity contribution in [3.8, 4) is 5.75 Å². The summed E-state index contributed by atoms with van der Waals surface area (Å²) >= 11 is 0. The van der Waals surface area contributed by atoms with Crippen molar-refractivity contribution in [2.24, 2.45) is 10.4 Å². The molecule has 0 atom stereocenters. The molecule has 1 heterocycles. The van der Waals surface area contributed by atoms with Crippen molar-refractivity contribution in [1.82, 2.24) is 0 Å². The van der Waals surface area contributed by atoms with Gasteiger partial charge in [0.1, 0.15) is 5.75 Å². The fraction of sp³-hybridized carbons (Fsp3) is 0.440. The number of aryl methyl sites for hydroxylation is 2.